The van der Waals surface area contributed by atoms with E-state index >= 15 is 0 Å². The van der Waals surface area contributed by atoms with Gasteiger partial charge in [-0.3, -0.25) is 9.59 Å². The zero-order chi connectivity index (χ0) is 21.3. The number of rotatable bonds is 6. The van der Waals surface area contributed by atoms with Gasteiger partial charge in [0.2, 0.25) is 0 Å². The molecule has 0 radical (unpaired) electrons. The highest BCUT2D eigenvalue weighted by molar-refractivity contribution is 7.09. The summed E-state index contributed by atoms with van der Waals surface area (Å²) in [7, 11) is 0. The van der Waals surface area contributed by atoms with Crippen LogP contribution in [-0.2, 0) is 6.54 Å². The number of nitrogens with one attached hydrogen (secondary N) is 1. The third kappa shape index (κ3) is 4.29. The van der Waals surface area contributed by atoms with Gasteiger partial charge in [0.05, 0.1) is 6.20 Å². The van der Waals surface area contributed by atoms with Crippen molar-refractivity contribution in [1.29, 1.82) is 0 Å². The molecule has 4 aromatic rings. The first kappa shape index (κ1) is 19.9. The third-order valence-corrected chi connectivity index (χ3v) is 5.07. The van der Waals surface area contributed by atoms with Crippen molar-refractivity contribution in [3.8, 4) is 11.3 Å². The van der Waals surface area contributed by atoms with Crippen molar-refractivity contribution in [2.75, 3.05) is 5.32 Å². The largest absolute Gasteiger partial charge is 0.440 e. The lowest BCUT2D eigenvalue weighted by Gasteiger charge is -2.02. The summed E-state index contributed by atoms with van der Waals surface area (Å²) in [6, 6.07) is 6.97. The second kappa shape index (κ2) is 8.17. The van der Waals surface area contributed by atoms with Gasteiger partial charge in [0.1, 0.15) is 17.2 Å². The SMILES string of the molecule is CC(=O)c1csc(Cn2ncc(NC(=O)c3nc(C)oc3-c3cccc(Cl)c3)n2)n1. The molecule has 1 aromatic carbocycles. The van der Waals surface area contributed by atoms with Crippen LogP contribution >= 0.6 is 22.9 Å². The number of Topliss-reactive ketones (excluding diaryl/α,β-unsaturated/α-hetero) is 1. The van der Waals surface area contributed by atoms with Crippen LogP contribution in [0.5, 0.6) is 0 Å². The lowest BCUT2D eigenvalue weighted by Crippen LogP contribution is -2.14. The number of ketones is 1. The van der Waals surface area contributed by atoms with Crippen molar-refractivity contribution in [3.05, 3.63) is 63.2 Å². The molecule has 3 heterocycles. The van der Waals surface area contributed by atoms with E-state index in [-0.39, 0.29) is 23.8 Å². The molecule has 152 valence electrons. The van der Waals surface area contributed by atoms with E-state index in [9.17, 15) is 9.59 Å². The van der Waals surface area contributed by atoms with Gasteiger partial charge in [-0.1, -0.05) is 23.7 Å². The quantitative estimate of drug-likeness (QED) is 0.450. The Labute approximate surface area is 179 Å². The topological polar surface area (TPSA) is 116 Å². The number of aromatic nitrogens is 5. The van der Waals surface area contributed by atoms with Crippen molar-refractivity contribution in [3.63, 3.8) is 0 Å². The molecule has 0 spiro atoms. The van der Waals surface area contributed by atoms with Crippen molar-refractivity contribution >= 4 is 40.4 Å². The average Bonchev–Trinajstić information content (AvgIpc) is 3.42. The molecule has 11 heteroatoms. The Hall–Kier alpha value is -3.37. The highest BCUT2D eigenvalue weighted by Gasteiger charge is 2.21. The molecule has 0 aliphatic heterocycles. The van der Waals surface area contributed by atoms with Gasteiger partial charge >= 0.3 is 0 Å². The Kier molecular flexibility index (Phi) is 5.42. The zero-order valence-electron chi connectivity index (χ0n) is 15.9. The van der Waals surface area contributed by atoms with Gasteiger partial charge in [0, 0.05) is 29.8 Å². The fraction of sp³-hybridized carbons (Fsp3) is 0.158. The van der Waals surface area contributed by atoms with Crippen LogP contribution in [0.2, 0.25) is 5.02 Å². The number of carbonyl (C=O) groups is 2. The van der Waals surface area contributed by atoms with E-state index in [1.54, 1.807) is 36.6 Å². The van der Waals surface area contributed by atoms with E-state index in [0.29, 0.717) is 32.9 Å². The molecular formula is C19H15ClN6O3S. The predicted octanol–water partition coefficient (Wildman–Crippen LogP) is 3.85. The van der Waals surface area contributed by atoms with Crippen molar-refractivity contribution < 1.29 is 14.0 Å². The van der Waals surface area contributed by atoms with Crippen LogP contribution in [-0.4, -0.2) is 36.7 Å². The number of halogens is 1. The molecule has 30 heavy (non-hydrogen) atoms. The van der Waals surface area contributed by atoms with Crippen LogP contribution in [0.15, 0.2) is 40.3 Å². The second-order valence-electron chi connectivity index (χ2n) is 6.32. The highest BCUT2D eigenvalue weighted by atomic mass is 35.5. The summed E-state index contributed by atoms with van der Waals surface area (Å²) >= 11 is 7.39. The fourth-order valence-corrected chi connectivity index (χ4v) is 3.68. The first-order valence-electron chi connectivity index (χ1n) is 8.79. The Bertz CT molecular complexity index is 1240. The number of anilines is 1. The van der Waals surface area contributed by atoms with Crippen molar-refractivity contribution in [2.45, 2.75) is 20.4 Å². The van der Waals surface area contributed by atoms with Crippen LogP contribution in [0.25, 0.3) is 11.3 Å². The van der Waals surface area contributed by atoms with Crippen LogP contribution < -0.4 is 5.32 Å². The maximum absolute atomic E-state index is 12.8. The molecule has 0 aliphatic carbocycles. The summed E-state index contributed by atoms with van der Waals surface area (Å²) in [5, 5.41) is 13.9. The van der Waals surface area contributed by atoms with Crippen LogP contribution in [0.3, 0.4) is 0 Å². The number of carbonyl (C=O) groups excluding carboxylic acids is 2. The number of thiazole rings is 1. The van der Waals surface area contributed by atoms with Gasteiger partial charge in [-0.2, -0.15) is 9.90 Å². The molecule has 1 N–H and O–H groups in total. The predicted molar refractivity (Wildman–Crippen MR) is 111 cm³/mol. The minimum Gasteiger partial charge on any atom is -0.440 e. The van der Waals surface area contributed by atoms with Gasteiger partial charge in [0.15, 0.2) is 28.9 Å². The van der Waals surface area contributed by atoms with Gasteiger partial charge in [-0.15, -0.1) is 16.4 Å². The Morgan fingerprint density at radius 2 is 2.13 bits per heavy atom. The molecule has 0 atom stereocenters. The lowest BCUT2D eigenvalue weighted by atomic mass is 10.1. The van der Waals surface area contributed by atoms with Gasteiger partial charge in [-0.25, -0.2) is 9.97 Å². The summed E-state index contributed by atoms with van der Waals surface area (Å²) in [5.74, 6) is 0.337. The Balaban J connectivity index is 1.50. The molecule has 1 amide bonds. The lowest BCUT2D eigenvalue weighted by molar-refractivity contribution is 0.100. The normalized spacial score (nSPS) is 10.9. The fourth-order valence-electron chi connectivity index (χ4n) is 2.68. The van der Waals surface area contributed by atoms with Gasteiger partial charge < -0.3 is 9.73 Å². The van der Waals surface area contributed by atoms with E-state index in [4.69, 9.17) is 16.0 Å². The van der Waals surface area contributed by atoms with E-state index < -0.39 is 5.91 Å². The summed E-state index contributed by atoms with van der Waals surface area (Å²) in [6.07, 6.45) is 1.42. The van der Waals surface area contributed by atoms with Gasteiger partial charge in [-0.05, 0) is 12.1 Å². The number of amides is 1. The summed E-state index contributed by atoms with van der Waals surface area (Å²) < 4.78 is 5.61. The zero-order valence-corrected chi connectivity index (χ0v) is 17.5. The number of hydrogen-bond acceptors (Lipinski definition) is 8. The smallest absolute Gasteiger partial charge is 0.279 e. The average molecular weight is 443 g/mol. The Morgan fingerprint density at radius 3 is 2.87 bits per heavy atom. The third-order valence-electron chi connectivity index (χ3n) is 4.00. The summed E-state index contributed by atoms with van der Waals surface area (Å²) in [5.41, 5.74) is 1.17. The van der Waals surface area contributed by atoms with E-state index in [1.165, 1.54) is 29.3 Å². The summed E-state index contributed by atoms with van der Waals surface area (Å²) in [6.45, 7) is 3.40. The van der Waals surface area contributed by atoms with Gasteiger partial charge in [0.25, 0.3) is 5.91 Å². The van der Waals surface area contributed by atoms with Crippen LogP contribution in [0.4, 0.5) is 5.82 Å². The second-order valence-corrected chi connectivity index (χ2v) is 7.70. The van der Waals surface area contributed by atoms with Crippen LogP contribution in [0, 0.1) is 6.92 Å². The molecule has 0 fully saturated rings. The maximum Gasteiger partial charge on any atom is 0.279 e. The molecule has 0 saturated heterocycles. The van der Waals surface area contributed by atoms with Crippen LogP contribution in [0.1, 0.15) is 38.8 Å². The molecule has 4 rings (SSSR count). The summed E-state index contributed by atoms with van der Waals surface area (Å²) in [4.78, 5) is 33.9. The molecule has 0 aliphatic rings. The number of oxazole rings is 1. The minimum atomic E-state index is -0.484. The monoisotopic (exact) mass is 442 g/mol. The molecule has 0 unspecified atom stereocenters. The number of hydrogen-bond donors (Lipinski definition) is 1. The Morgan fingerprint density at radius 1 is 1.30 bits per heavy atom. The number of benzene rings is 1. The van der Waals surface area contributed by atoms with Crippen molar-refractivity contribution in [2.24, 2.45) is 0 Å². The molecule has 3 aromatic heterocycles. The molecule has 9 nitrogen and oxygen atoms in total. The number of nitrogens with zero attached hydrogens (tertiary/aromatic N) is 5. The molecular weight excluding hydrogens is 428 g/mol. The maximum atomic E-state index is 12.8. The first-order valence-corrected chi connectivity index (χ1v) is 10.0. The first-order chi connectivity index (χ1) is 14.4. The number of aryl methyl sites for hydroxylation is 1. The standard InChI is InChI=1S/C19H15ClN6O3S/c1-10(27)14-9-30-16(23-14)8-26-21-7-15(25-26)24-19(28)17-18(29-11(2)22-17)12-4-3-5-13(20)6-12/h3-7,9H,8H2,1-2H3,(H,24,25,28). The minimum absolute atomic E-state index is 0.0997. The highest BCUT2D eigenvalue weighted by Crippen LogP contribution is 2.27. The van der Waals surface area contributed by atoms with E-state index in [2.05, 4.69) is 25.5 Å². The molecule has 0 saturated carbocycles. The van der Waals surface area contributed by atoms with Crippen molar-refractivity contribution in [1.82, 2.24) is 25.0 Å². The van der Waals surface area contributed by atoms with E-state index in [1.807, 2.05) is 0 Å². The van der Waals surface area contributed by atoms with E-state index in [0.717, 1.165) is 0 Å². The molecule has 0 bridgehead atoms.